The summed E-state index contributed by atoms with van der Waals surface area (Å²) in [5.41, 5.74) is 9.67. The molecule has 1 aliphatic heterocycles. The summed E-state index contributed by atoms with van der Waals surface area (Å²) in [6.45, 7) is 0.551. The number of nitrogens with one attached hydrogen (secondary N) is 1. The summed E-state index contributed by atoms with van der Waals surface area (Å²) < 4.78 is 39.1. The van der Waals surface area contributed by atoms with Crippen molar-refractivity contribution in [3.05, 3.63) is 60.7 Å². The summed E-state index contributed by atoms with van der Waals surface area (Å²) in [5.74, 6) is -1.23. The van der Waals surface area contributed by atoms with Crippen LogP contribution in [-0.4, -0.2) is 54.6 Å². The van der Waals surface area contributed by atoms with Gasteiger partial charge in [0, 0.05) is 22.7 Å². The van der Waals surface area contributed by atoms with E-state index in [0.29, 0.717) is 39.7 Å². The number of alkyl halides is 2. The van der Waals surface area contributed by atoms with Gasteiger partial charge in [-0.15, -0.1) is 10.2 Å². The predicted octanol–water partition coefficient (Wildman–Crippen LogP) is 3.85. The van der Waals surface area contributed by atoms with Gasteiger partial charge in [-0.1, -0.05) is 0 Å². The maximum atomic E-state index is 13.2. The Labute approximate surface area is 208 Å². The fourth-order valence-corrected chi connectivity index (χ4v) is 3.79. The largest absolute Gasteiger partial charge is 0.459 e. The van der Waals surface area contributed by atoms with Gasteiger partial charge in [-0.25, -0.2) is 28.7 Å². The highest BCUT2D eigenvalue weighted by Crippen LogP contribution is 2.30. The van der Waals surface area contributed by atoms with Crippen LogP contribution in [0.2, 0.25) is 0 Å². The SMILES string of the molecule is Cc1cc(-c2nc(N)c3cc(NC4=NCC(F)(F)CO4)ccc3n2)ccc1Oc1cc2nncn2cn1. The van der Waals surface area contributed by atoms with Crippen LogP contribution < -0.4 is 15.8 Å². The molecule has 0 saturated carbocycles. The lowest BCUT2D eigenvalue weighted by Crippen LogP contribution is -2.36. The summed E-state index contributed by atoms with van der Waals surface area (Å²) in [6.07, 6.45) is 3.14. The number of aromatic nitrogens is 6. The van der Waals surface area contributed by atoms with Gasteiger partial charge in [0.1, 0.15) is 30.8 Å². The highest BCUT2D eigenvalue weighted by atomic mass is 19.3. The molecule has 3 aromatic heterocycles. The molecule has 13 heteroatoms. The number of ether oxygens (including phenoxy) is 2. The minimum Gasteiger partial charge on any atom is -0.459 e. The van der Waals surface area contributed by atoms with Gasteiger partial charge in [0.15, 0.2) is 18.1 Å². The molecule has 1 aliphatic rings. The molecule has 0 radical (unpaired) electrons. The van der Waals surface area contributed by atoms with Crippen molar-refractivity contribution >= 4 is 34.1 Å². The summed E-state index contributed by atoms with van der Waals surface area (Å²) in [5, 5.41) is 11.3. The molecule has 6 rings (SSSR count). The second kappa shape index (κ2) is 8.62. The zero-order valence-electron chi connectivity index (χ0n) is 19.4. The number of hydrogen-bond acceptors (Lipinski definition) is 10. The number of amidine groups is 1. The number of anilines is 2. The highest BCUT2D eigenvalue weighted by molar-refractivity contribution is 5.96. The predicted molar refractivity (Wildman–Crippen MR) is 132 cm³/mol. The van der Waals surface area contributed by atoms with Gasteiger partial charge in [-0.2, -0.15) is 0 Å². The molecule has 11 nitrogen and oxygen atoms in total. The number of nitrogens with two attached hydrogens (primary N) is 1. The number of aliphatic imine (C=N–C) groups is 1. The van der Waals surface area contributed by atoms with Crippen molar-refractivity contribution < 1.29 is 18.3 Å². The number of rotatable bonds is 4. The first-order valence-corrected chi connectivity index (χ1v) is 11.2. The third-order valence-electron chi connectivity index (χ3n) is 5.66. The van der Waals surface area contributed by atoms with E-state index in [9.17, 15) is 8.78 Å². The lowest BCUT2D eigenvalue weighted by Gasteiger charge is -2.22. The highest BCUT2D eigenvalue weighted by Gasteiger charge is 2.34. The molecule has 0 bridgehead atoms. The van der Waals surface area contributed by atoms with Gasteiger partial charge in [0.25, 0.3) is 6.02 Å². The van der Waals surface area contributed by atoms with E-state index in [0.717, 1.165) is 11.1 Å². The Morgan fingerprint density at radius 3 is 2.81 bits per heavy atom. The summed E-state index contributed by atoms with van der Waals surface area (Å²) in [7, 11) is 0. The minimum absolute atomic E-state index is 0.0238. The van der Waals surface area contributed by atoms with Crippen LogP contribution in [0.4, 0.5) is 20.3 Å². The molecule has 4 heterocycles. The Kier molecular flexibility index (Phi) is 5.25. The average Bonchev–Trinajstić information content (AvgIpc) is 3.35. The van der Waals surface area contributed by atoms with E-state index in [-0.39, 0.29) is 11.8 Å². The van der Waals surface area contributed by atoms with Crippen molar-refractivity contribution in [1.82, 2.24) is 29.5 Å². The molecule has 0 spiro atoms. The lowest BCUT2D eigenvalue weighted by molar-refractivity contribution is -0.0455. The normalized spacial score (nSPS) is 14.8. The van der Waals surface area contributed by atoms with Crippen LogP contribution in [0.15, 0.2) is 60.1 Å². The van der Waals surface area contributed by atoms with E-state index in [4.69, 9.17) is 15.2 Å². The molecule has 0 unspecified atom stereocenters. The van der Waals surface area contributed by atoms with E-state index >= 15 is 0 Å². The average molecular weight is 503 g/mol. The number of aryl methyl sites for hydroxylation is 1. The molecule has 0 amide bonds. The van der Waals surface area contributed by atoms with Crippen molar-refractivity contribution in [2.75, 3.05) is 24.2 Å². The zero-order chi connectivity index (χ0) is 25.6. The van der Waals surface area contributed by atoms with Gasteiger partial charge in [0.05, 0.1) is 5.52 Å². The number of halogens is 2. The zero-order valence-corrected chi connectivity index (χ0v) is 19.4. The van der Waals surface area contributed by atoms with Crippen LogP contribution in [0.25, 0.3) is 27.9 Å². The second-order valence-electron chi connectivity index (χ2n) is 8.46. The van der Waals surface area contributed by atoms with Crippen LogP contribution in [0.3, 0.4) is 0 Å². The number of nitrogens with zero attached hydrogens (tertiary/aromatic N) is 7. The smallest absolute Gasteiger partial charge is 0.300 e. The minimum atomic E-state index is -2.96. The molecule has 0 saturated heterocycles. The van der Waals surface area contributed by atoms with Crippen molar-refractivity contribution in [2.45, 2.75) is 12.8 Å². The molecule has 37 heavy (non-hydrogen) atoms. The molecule has 3 N–H and O–H groups in total. The van der Waals surface area contributed by atoms with E-state index in [1.54, 1.807) is 41.3 Å². The van der Waals surface area contributed by atoms with E-state index in [1.165, 1.54) is 0 Å². The van der Waals surface area contributed by atoms with E-state index < -0.39 is 19.1 Å². The first-order valence-electron chi connectivity index (χ1n) is 11.2. The van der Waals surface area contributed by atoms with Crippen LogP contribution in [-0.2, 0) is 4.74 Å². The molecule has 186 valence electrons. The maximum Gasteiger partial charge on any atom is 0.300 e. The van der Waals surface area contributed by atoms with Gasteiger partial charge in [-0.3, -0.25) is 4.40 Å². The van der Waals surface area contributed by atoms with Crippen LogP contribution in [0.1, 0.15) is 5.56 Å². The van der Waals surface area contributed by atoms with Crippen LogP contribution >= 0.6 is 0 Å². The third kappa shape index (κ3) is 4.53. The Balaban J connectivity index is 1.24. The number of fused-ring (bicyclic) bond motifs is 2. The fraction of sp³-hybridized carbons (Fsp3) is 0.167. The molecule has 0 aliphatic carbocycles. The van der Waals surface area contributed by atoms with Gasteiger partial charge in [-0.05, 0) is 48.9 Å². The lowest BCUT2D eigenvalue weighted by atomic mass is 10.1. The van der Waals surface area contributed by atoms with Gasteiger partial charge >= 0.3 is 5.92 Å². The van der Waals surface area contributed by atoms with E-state index in [2.05, 4.69) is 35.5 Å². The summed E-state index contributed by atoms with van der Waals surface area (Å²) in [4.78, 5) is 17.1. The Morgan fingerprint density at radius 1 is 1.11 bits per heavy atom. The number of hydrogen-bond donors (Lipinski definition) is 2. The van der Waals surface area contributed by atoms with Gasteiger partial charge in [0.2, 0.25) is 5.88 Å². The van der Waals surface area contributed by atoms with E-state index in [1.807, 2.05) is 25.1 Å². The fourth-order valence-electron chi connectivity index (χ4n) is 3.79. The molecule has 5 aromatic rings. The quantitative estimate of drug-likeness (QED) is 0.374. The molecule has 0 atom stereocenters. The first-order chi connectivity index (χ1) is 17.8. The number of benzene rings is 2. The standard InChI is InChI=1S/C24H19F2N9O2/c1-13-6-14(2-5-18(13)37-20-8-19-34-30-12-35(19)11-29-20)22-32-17-4-3-15(7-16(17)21(27)33-22)31-23-28-9-24(25,26)10-36-23/h2-8,11-12H,9-10H2,1H3,(H,28,31)(H2,27,32,33). The van der Waals surface area contributed by atoms with Crippen molar-refractivity contribution in [1.29, 1.82) is 0 Å². The third-order valence-corrected chi connectivity index (χ3v) is 5.66. The summed E-state index contributed by atoms with van der Waals surface area (Å²) >= 11 is 0. The van der Waals surface area contributed by atoms with Crippen LogP contribution in [0, 0.1) is 6.92 Å². The maximum absolute atomic E-state index is 13.2. The molecular formula is C24H19F2N9O2. The Morgan fingerprint density at radius 2 is 2.00 bits per heavy atom. The topological polar surface area (TPSA) is 138 Å². The van der Waals surface area contributed by atoms with Crippen molar-refractivity contribution in [3.8, 4) is 23.0 Å². The van der Waals surface area contributed by atoms with Crippen molar-refractivity contribution in [2.24, 2.45) is 4.99 Å². The molecule has 2 aromatic carbocycles. The molecular weight excluding hydrogens is 484 g/mol. The van der Waals surface area contributed by atoms with Crippen LogP contribution in [0.5, 0.6) is 11.6 Å². The monoisotopic (exact) mass is 503 g/mol. The Hall–Kier alpha value is -4.94. The summed E-state index contributed by atoms with van der Waals surface area (Å²) in [6, 6.07) is 12.5. The first kappa shape index (κ1) is 22.5. The Bertz CT molecular complexity index is 1690. The second-order valence-corrected chi connectivity index (χ2v) is 8.46. The van der Waals surface area contributed by atoms with Gasteiger partial charge < -0.3 is 20.5 Å². The van der Waals surface area contributed by atoms with Crippen molar-refractivity contribution in [3.63, 3.8) is 0 Å². The molecule has 0 fully saturated rings. The number of nitrogen functional groups attached to an aromatic ring is 1.